The Morgan fingerprint density at radius 1 is 1.15 bits per heavy atom. The van der Waals surface area contributed by atoms with Gasteiger partial charge < -0.3 is 15.4 Å². The van der Waals surface area contributed by atoms with E-state index in [4.69, 9.17) is 5.21 Å². The Morgan fingerprint density at radius 2 is 1.81 bits per heavy atom. The molecule has 0 aliphatic rings. The second-order valence-corrected chi connectivity index (χ2v) is 5.48. The number of carbonyl (C=O) groups excluding carboxylic acids is 2. The molecule has 0 aliphatic heterocycles. The van der Waals surface area contributed by atoms with Crippen LogP contribution in [0.1, 0.15) is 28.4 Å². The van der Waals surface area contributed by atoms with Crippen LogP contribution in [0, 0.1) is 11.8 Å². The average Bonchev–Trinajstić information content (AvgIpc) is 2.64. The summed E-state index contributed by atoms with van der Waals surface area (Å²) in [6.45, 7) is 1.29. The lowest BCUT2D eigenvalue weighted by Gasteiger charge is -2.19. The molecule has 2 atom stereocenters. The molecule has 0 saturated heterocycles. The number of hydroxylamine groups is 1. The number of carbonyl (C=O) groups is 2. The molecule has 140 valence electrons. The summed E-state index contributed by atoms with van der Waals surface area (Å²) in [6.07, 6.45) is -0.0279. The molecule has 0 fully saturated rings. The van der Waals surface area contributed by atoms with Crippen LogP contribution in [0.15, 0.2) is 40.1 Å². The van der Waals surface area contributed by atoms with Gasteiger partial charge in [-0.05, 0) is 31.2 Å². The highest BCUT2D eigenvalue weighted by Crippen LogP contribution is 2.05. The number of hydrogen-bond donors (Lipinski definition) is 6. The van der Waals surface area contributed by atoms with Crippen LogP contribution in [0.2, 0.25) is 0 Å². The SMILES string of the molecule is CC(O)C(NC(=O)c1ccc(C#Cc2c[nH]c(=O)[nH]c2=O)cc1)C(=O)NO. The zero-order chi connectivity index (χ0) is 20.0. The third-order valence-electron chi connectivity index (χ3n) is 3.47. The van der Waals surface area contributed by atoms with Gasteiger partial charge in [-0.3, -0.25) is 24.6 Å². The summed E-state index contributed by atoms with van der Waals surface area (Å²) in [5.41, 5.74) is 0.886. The highest BCUT2D eigenvalue weighted by Gasteiger charge is 2.25. The molecule has 10 nitrogen and oxygen atoms in total. The second-order valence-electron chi connectivity index (χ2n) is 5.48. The predicted molar refractivity (Wildman–Crippen MR) is 93.0 cm³/mol. The number of aliphatic hydroxyl groups excluding tert-OH is 1. The average molecular weight is 372 g/mol. The standard InChI is InChI=1S/C17H16N4O6/c1-9(22)13(16(25)21-27)19-14(23)11-5-2-10(3-6-11)4-7-12-8-18-17(26)20-15(12)24/h2-3,5-6,8-9,13,22,27H,1H3,(H,19,23)(H,21,25)(H2,18,20,24,26). The van der Waals surface area contributed by atoms with E-state index in [0.717, 1.165) is 0 Å². The van der Waals surface area contributed by atoms with Gasteiger partial charge in [0, 0.05) is 17.3 Å². The van der Waals surface area contributed by atoms with E-state index in [2.05, 4.69) is 22.1 Å². The summed E-state index contributed by atoms with van der Waals surface area (Å²) in [4.78, 5) is 50.4. The third kappa shape index (κ3) is 5.15. The van der Waals surface area contributed by atoms with Crippen molar-refractivity contribution in [2.45, 2.75) is 19.1 Å². The summed E-state index contributed by atoms with van der Waals surface area (Å²) < 4.78 is 0. The van der Waals surface area contributed by atoms with Crippen LogP contribution < -0.4 is 22.0 Å². The lowest BCUT2D eigenvalue weighted by Crippen LogP contribution is -2.51. The normalized spacial score (nSPS) is 12.3. The zero-order valence-electron chi connectivity index (χ0n) is 14.1. The van der Waals surface area contributed by atoms with Crippen molar-refractivity contribution in [3.8, 4) is 11.8 Å². The Balaban J connectivity index is 2.14. The van der Waals surface area contributed by atoms with E-state index in [0.29, 0.717) is 5.56 Å². The predicted octanol–water partition coefficient (Wildman–Crippen LogP) is -1.55. The number of H-pyrrole nitrogens is 2. The Hall–Kier alpha value is -3.68. The van der Waals surface area contributed by atoms with Crippen LogP contribution in [-0.2, 0) is 4.79 Å². The molecule has 2 unspecified atom stereocenters. The Morgan fingerprint density at radius 3 is 2.37 bits per heavy atom. The molecule has 1 heterocycles. The first-order chi connectivity index (χ1) is 12.8. The van der Waals surface area contributed by atoms with Crippen LogP contribution in [0.25, 0.3) is 0 Å². The molecule has 0 aliphatic carbocycles. The van der Waals surface area contributed by atoms with Crippen molar-refractivity contribution in [3.63, 3.8) is 0 Å². The van der Waals surface area contributed by atoms with E-state index in [1.807, 2.05) is 4.98 Å². The van der Waals surface area contributed by atoms with Crippen LogP contribution in [0.5, 0.6) is 0 Å². The molecule has 0 bridgehead atoms. The van der Waals surface area contributed by atoms with Crippen molar-refractivity contribution in [2.75, 3.05) is 0 Å². The summed E-state index contributed by atoms with van der Waals surface area (Å²) in [6, 6.07) is 4.59. The molecule has 2 amide bonds. The number of aliphatic hydroxyl groups is 1. The molecule has 6 N–H and O–H groups in total. The van der Waals surface area contributed by atoms with Crippen LogP contribution in [0.4, 0.5) is 0 Å². The molecule has 2 rings (SSSR count). The van der Waals surface area contributed by atoms with E-state index < -0.39 is 35.2 Å². The maximum Gasteiger partial charge on any atom is 0.325 e. The van der Waals surface area contributed by atoms with Gasteiger partial charge in [0.1, 0.15) is 11.6 Å². The van der Waals surface area contributed by atoms with E-state index in [9.17, 15) is 24.3 Å². The molecule has 0 saturated carbocycles. The molecular weight excluding hydrogens is 356 g/mol. The van der Waals surface area contributed by atoms with E-state index in [1.165, 1.54) is 42.9 Å². The van der Waals surface area contributed by atoms with Crippen molar-refractivity contribution in [3.05, 3.63) is 68.0 Å². The minimum atomic E-state index is -1.33. The highest BCUT2D eigenvalue weighted by molar-refractivity contribution is 5.97. The highest BCUT2D eigenvalue weighted by atomic mass is 16.5. The fourth-order valence-corrected chi connectivity index (χ4v) is 2.05. The molecule has 0 radical (unpaired) electrons. The second kappa shape index (κ2) is 8.61. The molecule has 10 heteroatoms. The van der Waals surface area contributed by atoms with Crippen molar-refractivity contribution in [2.24, 2.45) is 0 Å². The van der Waals surface area contributed by atoms with Gasteiger partial charge >= 0.3 is 5.69 Å². The lowest BCUT2D eigenvalue weighted by atomic mass is 10.1. The number of nitrogens with one attached hydrogen (secondary N) is 4. The van der Waals surface area contributed by atoms with Crippen LogP contribution >= 0.6 is 0 Å². The van der Waals surface area contributed by atoms with Crippen molar-refractivity contribution in [1.29, 1.82) is 0 Å². The maximum absolute atomic E-state index is 12.1. The quantitative estimate of drug-likeness (QED) is 0.216. The van der Waals surface area contributed by atoms with Crippen LogP contribution in [0.3, 0.4) is 0 Å². The first kappa shape index (κ1) is 19.6. The van der Waals surface area contributed by atoms with Gasteiger partial charge in [0.05, 0.1) is 6.10 Å². The van der Waals surface area contributed by atoms with Crippen LogP contribution in [-0.4, -0.2) is 44.2 Å². The number of aromatic nitrogens is 2. The smallest absolute Gasteiger partial charge is 0.325 e. The van der Waals surface area contributed by atoms with E-state index >= 15 is 0 Å². The van der Waals surface area contributed by atoms with E-state index in [-0.39, 0.29) is 11.1 Å². The van der Waals surface area contributed by atoms with Gasteiger partial charge in [-0.1, -0.05) is 11.8 Å². The zero-order valence-corrected chi connectivity index (χ0v) is 14.1. The van der Waals surface area contributed by atoms with Gasteiger partial charge in [0.15, 0.2) is 0 Å². The van der Waals surface area contributed by atoms with Gasteiger partial charge in [0.2, 0.25) is 0 Å². The Kier molecular flexibility index (Phi) is 6.27. The number of amides is 2. The third-order valence-corrected chi connectivity index (χ3v) is 3.47. The minimum Gasteiger partial charge on any atom is -0.391 e. The lowest BCUT2D eigenvalue weighted by molar-refractivity contribution is -0.133. The van der Waals surface area contributed by atoms with Gasteiger partial charge in [-0.15, -0.1) is 0 Å². The van der Waals surface area contributed by atoms with Crippen molar-refractivity contribution in [1.82, 2.24) is 20.8 Å². The number of benzene rings is 1. The molecule has 2 aromatic rings. The number of hydrogen-bond acceptors (Lipinski definition) is 6. The molecular formula is C17H16N4O6. The fourth-order valence-electron chi connectivity index (χ4n) is 2.05. The summed E-state index contributed by atoms with van der Waals surface area (Å²) in [7, 11) is 0. The monoisotopic (exact) mass is 372 g/mol. The molecule has 1 aromatic carbocycles. The summed E-state index contributed by atoms with van der Waals surface area (Å²) in [5, 5.41) is 20.5. The van der Waals surface area contributed by atoms with Gasteiger partial charge in [0.25, 0.3) is 17.4 Å². The summed E-state index contributed by atoms with van der Waals surface area (Å²) >= 11 is 0. The van der Waals surface area contributed by atoms with Crippen molar-refractivity contribution >= 4 is 11.8 Å². The number of aromatic amines is 2. The van der Waals surface area contributed by atoms with Gasteiger partial charge in [-0.2, -0.15) is 0 Å². The first-order valence-corrected chi connectivity index (χ1v) is 7.69. The molecule has 1 aromatic heterocycles. The first-order valence-electron chi connectivity index (χ1n) is 7.69. The summed E-state index contributed by atoms with van der Waals surface area (Å²) in [5.74, 6) is 3.72. The maximum atomic E-state index is 12.1. The van der Waals surface area contributed by atoms with Crippen molar-refractivity contribution < 1.29 is 19.9 Å². The minimum absolute atomic E-state index is 0.0752. The molecule has 0 spiro atoms. The Bertz CT molecular complexity index is 1010. The number of rotatable bonds is 4. The largest absolute Gasteiger partial charge is 0.391 e. The van der Waals surface area contributed by atoms with E-state index in [1.54, 1.807) is 0 Å². The topological polar surface area (TPSA) is 164 Å². The fraction of sp³-hybridized carbons (Fsp3) is 0.176. The van der Waals surface area contributed by atoms with Gasteiger partial charge in [-0.25, -0.2) is 10.3 Å². The molecule has 27 heavy (non-hydrogen) atoms. The Labute approximate surface area is 152 Å².